The lowest BCUT2D eigenvalue weighted by atomic mass is 10.1. The Kier molecular flexibility index (Phi) is 5.11. The Morgan fingerprint density at radius 2 is 2.24 bits per heavy atom. The molecule has 1 aromatic heterocycles. The Morgan fingerprint density at radius 3 is 2.82 bits per heavy atom. The predicted molar refractivity (Wildman–Crippen MR) is 69.0 cm³/mol. The van der Waals surface area contributed by atoms with Gasteiger partial charge in [-0.05, 0) is 17.9 Å². The van der Waals surface area contributed by atoms with Gasteiger partial charge in [-0.3, -0.25) is 9.59 Å². The molecular formula is C11H17N3O2S. The van der Waals surface area contributed by atoms with Crippen LogP contribution in [-0.2, 0) is 4.79 Å². The minimum Gasteiger partial charge on any atom is -0.366 e. The predicted octanol–water partition coefficient (Wildman–Crippen LogP) is 1.30. The lowest BCUT2D eigenvalue weighted by Gasteiger charge is -2.10. The zero-order chi connectivity index (χ0) is 12.8. The van der Waals surface area contributed by atoms with Crippen LogP contribution in [0.25, 0.3) is 0 Å². The quantitative estimate of drug-likeness (QED) is 0.714. The van der Waals surface area contributed by atoms with Gasteiger partial charge in [0, 0.05) is 12.5 Å². The number of amides is 2. The van der Waals surface area contributed by atoms with Crippen LogP contribution < -0.4 is 16.8 Å². The first-order chi connectivity index (χ1) is 8.04. The molecule has 94 valence electrons. The Bertz CT molecular complexity index is 403. The maximum Gasteiger partial charge on any atom is 0.251 e. The smallest absolute Gasteiger partial charge is 0.251 e. The van der Waals surface area contributed by atoms with Gasteiger partial charge in [-0.2, -0.15) is 0 Å². The van der Waals surface area contributed by atoms with Crippen LogP contribution in [0, 0.1) is 0 Å². The molecule has 1 aromatic rings. The molecule has 0 radical (unpaired) electrons. The van der Waals surface area contributed by atoms with E-state index in [1.54, 1.807) is 11.4 Å². The van der Waals surface area contributed by atoms with Crippen molar-refractivity contribution in [1.29, 1.82) is 0 Å². The van der Waals surface area contributed by atoms with Crippen molar-refractivity contribution in [2.24, 2.45) is 11.5 Å². The Balaban J connectivity index is 2.56. The highest BCUT2D eigenvalue weighted by molar-refractivity contribution is 7.14. The van der Waals surface area contributed by atoms with Gasteiger partial charge in [0.25, 0.3) is 5.91 Å². The van der Waals surface area contributed by atoms with Crippen LogP contribution >= 0.6 is 11.3 Å². The van der Waals surface area contributed by atoms with E-state index in [4.69, 9.17) is 11.5 Å². The van der Waals surface area contributed by atoms with Crippen molar-refractivity contribution < 1.29 is 9.59 Å². The number of carbonyl (C=O) groups is 2. The lowest BCUT2D eigenvalue weighted by Crippen LogP contribution is -2.27. The molecule has 1 unspecified atom stereocenters. The van der Waals surface area contributed by atoms with E-state index >= 15 is 0 Å². The van der Waals surface area contributed by atoms with Gasteiger partial charge in [-0.25, -0.2) is 0 Å². The summed E-state index contributed by atoms with van der Waals surface area (Å²) < 4.78 is 0. The molecule has 1 rings (SSSR count). The molecule has 5 nitrogen and oxygen atoms in total. The van der Waals surface area contributed by atoms with E-state index in [1.807, 2.05) is 6.92 Å². The highest BCUT2D eigenvalue weighted by Gasteiger charge is 2.14. The number of nitrogens with one attached hydrogen (secondary N) is 1. The third kappa shape index (κ3) is 4.16. The number of thiophene rings is 1. The zero-order valence-electron chi connectivity index (χ0n) is 9.73. The monoisotopic (exact) mass is 255 g/mol. The van der Waals surface area contributed by atoms with Gasteiger partial charge in [0.1, 0.15) is 5.00 Å². The average Bonchev–Trinajstić information content (AvgIpc) is 2.65. The van der Waals surface area contributed by atoms with Crippen molar-refractivity contribution >= 4 is 28.2 Å². The molecule has 0 spiro atoms. The summed E-state index contributed by atoms with van der Waals surface area (Å²) in [5, 5.41) is 4.86. The largest absolute Gasteiger partial charge is 0.366 e. The van der Waals surface area contributed by atoms with Crippen LogP contribution in [0.2, 0.25) is 0 Å². The van der Waals surface area contributed by atoms with Crippen molar-refractivity contribution in [3.8, 4) is 0 Å². The van der Waals surface area contributed by atoms with Crippen LogP contribution in [0.4, 0.5) is 5.00 Å². The van der Waals surface area contributed by atoms with Crippen molar-refractivity contribution in [2.75, 3.05) is 5.32 Å². The van der Waals surface area contributed by atoms with Gasteiger partial charge in [-0.15, -0.1) is 11.3 Å². The van der Waals surface area contributed by atoms with E-state index in [1.165, 1.54) is 11.3 Å². The molecule has 1 atom stereocenters. The summed E-state index contributed by atoms with van der Waals surface area (Å²) in [5.74, 6) is -0.727. The second-order valence-electron chi connectivity index (χ2n) is 3.83. The summed E-state index contributed by atoms with van der Waals surface area (Å²) in [4.78, 5) is 22.7. The molecule has 0 saturated carbocycles. The maximum atomic E-state index is 11.6. The molecule has 6 heteroatoms. The highest BCUT2D eigenvalue weighted by Crippen LogP contribution is 2.22. The molecule has 5 N–H and O–H groups in total. The van der Waals surface area contributed by atoms with E-state index in [2.05, 4.69) is 5.32 Å². The summed E-state index contributed by atoms with van der Waals surface area (Å²) in [7, 11) is 0. The number of hydrogen-bond acceptors (Lipinski definition) is 4. The number of anilines is 1. The van der Waals surface area contributed by atoms with Crippen LogP contribution in [0.1, 0.15) is 36.5 Å². The fourth-order valence-electron chi connectivity index (χ4n) is 1.49. The molecule has 0 aromatic carbocycles. The first kappa shape index (κ1) is 13.7. The van der Waals surface area contributed by atoms with Gasteiger partial charge >= 0.3 is 0 Å². The molecule has 0 aliphatic carbocycles. The molecule has 0 saturated heterocycles. The van der Waals surface area contributed by atoms with E-state index in [-0.39, 0.29) is 18.4 Å². The van der Waals surface area contributed by atoms with Gasteiger partial charge in [-0.1, -0.05) is 13.3 Å². The third-order valence-corrected chi connectivity index (χ3v) is 3.12. The number of hydrogen-bond donors (Lipinski definition) is 3. The molecule has 1 heterocycles. The minimum absolute atomic E-state index is 0.142. The second kappa shape index (κ2) is 6.36. The Morgan fingerprint density at radius 1 is 1.53 bits per heavy atom. The van der Waals surface area contributed by atoms with Crippen molar-refractivity contribution in [3.05, 3.63) is 17.0 Å². The van der Waals surface area contributed by atoms with Gasteiger partial charge in [0.2, 0.25) is 5.91 Å². The zero-order valence-corrected chi connectivity index (χ0v) is 10.5. The van der Waals surface area contributed by atoms with E-state index in [0.717, 1.165) is 12.8 Å². The van der Waals surface area contributed by atoms with E-state index < -0.39 is 5.91 Å². The minimum atomic E-state index is -0.542. The molecule has 0 aliphatic heterocycles. The van der Waals surface area contributed by atoms with Crippen LogP contribution in [0.15, 0.2) is 11.4 Å². The summed E-state index contributed by atoms with van der Waals surface area (Å²) in [6.45, 7) is 2.02. The summed E-state index contributed by atoms with van der Waals surface area (Å²) >= 11 is 1.27. The Hall–Kier alpha value is -1.40. The molecule has 0 aliphatic rings. The summed E-state index contributed by atoms with van der Waals surface area (Å²) in [6, 6.07) is 1.45. The van der Waals surface area contributed by atoms with Crippen LogP contribution in [0.3, 0.4) is 0 Å². The first-order valence-corrected chi connectivity index (χ1v) is 6.35. The first-order valence-electron chi connectivity index (χ1n) is 5.47. The Labute approximate surface area is 104 Å². The maximum absolute atomic E-state index is 11.6. The number of carbonyl (C=O) groups excluding carboxylic acids is 2. The van der Waals surface area contributed by atoms with Crippen molar-refractivity contribution in [3.63, 3.8) is 0 Å². The van der Waals surface area contributed by atoms with Crippen LogP contribution in [-0.4, -0.2) is 17.9 Å². The molecule has 17 heavy (non-hydrogen) atoms. The summed E-state index contributed by atoms with van der Waals surface area (Å²) in [6.07, 6.45) is 2.00. The topological polar surface area (TPSA) is 98.2 Å². The number of nitrogens with two attached hydrogens (primary N) is 2. The van der Waals surface area contributed by atoms with E-state index in [9.17, 15) is 9.59 Å². The van der Waals surface area contributed by atoms with Gasteiger partial charge in [0.05, 0.1) is 5.56 Å². The average molecular weight is 255 g/mol. The summed E-state index contributed by atoms with van der Waals surface area (Å²) in [5.41, 5.74) is 11.3. The normalized spacial score (nSPS) is 12.1. The van der Waals surface area contributed by atoms with Gasteiger partial charge < -0.3 is 16.8 Å². The fourth-order valence-corrected chi connectivity index (χ4v) is 2.30. The van der Waals surface area contributed by atoms with Crippen molar-refractivity contribution in [1.82, 2.24) is 0 Å². The SMILES string of the molecule is CCCC(N)CC(=O)Nc1sccc1C(N)=O. The fraction of sp³-hybridized carbons (Fsp3) is 0.455. The van der Waals surface area contributed by atoms with Crippen LogP contribution in [0.5, 0.6) is 0 Å². The lowest BCUT2D eigenvalue weighted by molar-refractivity contribution is -0.116. The number of primary amides is 1. The molecule has 0 fully saturated rings. The standard InChI is InChI=1S/C11H17N3O2S/c1-2-3-7(12)6-9(15)14-11-8(10(13)16)4-5-17-11/h4-5,7H,2-3,6,12H2,1H3,(H2,13,16)(H,14,15). The highest BCUT2D eigenvalue weighted by atomic mass is 32.1. The van der Waals surface area contributed by atoms with E-state index in [0.29, 0.717) is 10.6 Å². The molecule has 2 amide bonds. The third-order valence-electron chi connectivity index (χ3n) is 2.29. The second-order valence-corrected chi connectivity index (χ2v) is 4.74. The van der Waals surface area contributed by atoms with Gasteiger partial charge in [0.15, 0.2) is 0 Å². The van der Waals surface area contributed by atoms with Crippen molar-refractivity contribution in [2.45, 2.75) is 32.2 Å². The molecule has 0 bridgehead atoms. The number of rotatable bonds is 6. The molecular weight excluding hydrogens is 238 g/mol.